The summed E-state index contributed by atoms with van der Waals surface area (Å²) in [4.78, 5) is 29.0. The van der Waals surface area contributed by atoms with E-state index in [-0.39, 0.29) is 17.6 Å². The van der Waals surface area contributed by atoms with Crippen LogP contribution >= 0.6 is 11.3 Å². The lowest BCUT2D eigenvalue weighted by Crippen LogP contribution is -2.12. The second-order valence-corrected chi connectivity index (χ2v) is 8.17. The highest BCUT2D eigenvalue weighted by Crippen LogP contribution is 2.27. The van der Waals surface area contributed by atoms with Crippen LogP contribution in [0.4, 0.5) is 10.8 Å². The molecular weight excluding hydrogens is 454 g/mol. The van der Waals surface area contributed by atoms with Gasteiger partial charge in [-0.15, -0.1) is 11.3 Å². The quantitative estimate of drug-likeness (QED) is 0.342. The number of aromatic nitrogens is 1. The number of hydrogen-bond acceptors (Lipinski definition) is 7. The molecule has 4 aromatic rings. The lowest BCUT2D eigenvalue weighted by molar-refractivity contribution is -0.116. The third-order valence-electron chi connectivity index (χ3n) is 4.99. The van der Waals surface area contributed by atoms with Crippen LogP contribution in [-0.2, 0) is 11.2 Å². The number of furan rings is 1. The summed E-state index contributed by atoms with van der Waals surface area (Å²) in [5, 5.41) is 8.02. The molecule has 4 rings (SSSR count). The third-order valence-corrected chi connectivity index (χ3v) is 5.74. The van der Waals surface area contributed by atoms with Crippen LogP contribution in [0.5, 0.6) is 11.5 Å². The molecule has 0 fully saturated rings. The molecule has 2 aromatic carbocycles. The van der Waals surface area contributed by atoms with Crippen LogP contribution in [0, 0.1) is 0 Å². The fourth-order valence-electron chi connectivity index (χ4n) is 3.24. The minimum absolute atomic E-state index is 0.126. The summed E-state index contributed by atoms with van der Waals surface area (Å²) in [5.41, 5.74) is 3.20. The fraction of sp³-hybridized carbons (Fsp3) is 0.160. The Morgan fingerprint density at radius 2 is 1.74 bits per heavy atom. The summed E-state index contributed by atoms with van der Waals surface area (Å²) in [6.45, 7) is 0. The van der Waals surface area contributed by atoms with Gasteiger partial charge in [-0.3, -0.25) is 9.59 Å². The average molecular weight is 478 g/mol. The van der Waals surface area contributed by atoms with E-state index in [9.17, 15) is 9.59 Å². The Kier molecular flexibility index (Phi) is 7.24. The highest BCUT2D eigenvalue weighted by Gasteiger charge is 2.11. The Bertz CT molecular complexity index is 1240. The van der Waals surface area contributed by atoms with E-state index in [1.165, 1.54) is 17.6 Å². The molecule has 0 radical (unpaired) electrons. The molecule has 0 bridgehead atoms. The Balaban J connectivity index is 1.32. The first-order chi connectivity index (χ1) is 16.5. The fourth-order valence-corrected chi connectivity index (χ4v) is 3.97. The first-order valence-corrected chi connectivity index (χ1v) is 11.3. The maximum absolute atomic E-state index is 12.4. The van der Waals surface area contributed by atoms with Crippen molar-refractivity contribution in [1.29, 1.82) is 0 Å². The van der Waals surface area contributed by atoms with Crippen molar-refractivity contribution in [2.45, 2.75) is 12.8 Å². The topological polar surface area (TPSA) is 103 Å². The van der Waals surface area contributed by atoms with E-state index in [1.807, 2.05) is 29.6 Å². The van der Waals surface area contributed by atoms with Gasteiger partial charge in [0.2, 0.25) is 5.91 Å². The number of amides is 2. The van der Waals surface area contributed by atoms with E-state index in [2.05, 4.69) is 15.6 Å². The van der Waals surface area contributed by atoms with Crippen LogP contribution in [0.2, 0.25) is 0 Å². The van der Waals surface area contributed by atoms with Crippen molar-refractivity contribution in [2.75, 3.05) is 24.9 Å². The summed E-state index contributed by atoms with van der Waals surface area (Å²) in [6.07, 6.45) is 2.30. The smallest absolute Gasteiger partial charge is 0.291 e. The Morgan fingerprint density at radius 3 is 2.38 bits per heavy atom. The zero-order valence-corrected chi connectivity index (χ0v) is 19.5. The molecule has 2 aromatic heterocycles. The molecule has 0 aliphatic carbocycles. The van der Waals surface area contributed by atoms with Crippen LogP contribution in [0.3, 0.4) is 0 Å². The number of hydrogen-bond donors (Lipinski definition) is 2. The van der Waals surface area contributed by atoms with Crippen molar-refractivity contribution >= 4 is 34.0 Å². The average Bonchev–Trinajstić information content (AvgIpc) is 3.56. The van der Waals surface area contributed by atoms with Crippen molar-refractivity contribution in [3.63, 3.8) is 0 Å². The second-order valence-electron chi connectivity index (χ2n) is 7.32. The molecule has 9 heteroatoms. The number of nitrogens with zero attached hydrogens (tertiary/aromatic N) is 1. The van der Waals surface area contributed by atoms with Crippen molar-refractivity contribution in [3.05, 3.63) is 77.6 Å². The summed E-state index contributed by atoms with van der Waals surface area (Å²) >= 11 is 1.35. The van der Waals surface area contributed by atoms with Gasteiger partial charge in [-0.05, 0) is 48.4 Å². The summed E-state index contributed by atoms with van der Waals surface area (Å²) in [5.74, 6) is 1.17. The van der Waals surface area contributed by atoms with Gasteiger partial charge in [-0.2, -0.15) is 0 Å². The van der Waals surface area contributed by atoms with Crippen LogP contribution < -0.4 is 20.1 Å². The van der Waals surface area contributed by atoms with Gasteiger partial charge < -0.3 is 24.5 Å². The van der Waals surface area contributed by atoms with Crippen molar-refractivity contribution in [1.82, 2.24) is 4.98 Å². The van der Waals surface area contributed by atoms with Crippen molar-refractivity contribution < 1.29 is 23.5 Å². The lowest BCUT2D eigenvalue weighted by atomic mass is 10.1. The van der Waals surface area contributed by atoms with Crippen LogP contribution in [0.25, 0.3) is 11.3 Å². The van der Waals surface area contributed by atoms with Gasteiger partial charge in [0, 0.05) is 29.1 Å². The Hall–Kier alpha value is -4.11. The summed E-state index contributed by atoms with van der Waals surface area (Å²) in [7, 11) is 3.19. The number of aryl methyl sites for hydroxylation is 1. The number of ether oxygens (including phenoxy) is 2. The molecule has 2 heterocycles. The molecule has 8 nitrogen and oxygen atoms in total. The summed E-state index contributed by atoms with van der Waals surface area (Å²) in [6, 6.07) is 16.1. The van der Waals surface area contributed by atoms with Crippen molar-refractivity contribution in [3.8, 4) is 22.8 Å². The molecule has 34 heavy (non-hydrogen) atoms. The molecule has 0 unspecified atom stereocenters. The number of anilines is 2. The van der Waals surface area contributed by atoms with Crippen LogP contribution in [-0.4, -0.2) is 31.0 Å². The van der Waals surface area contributed by atoms with Crippen LogP contribution in [0.1, 0.15) is 22.5 Å². The van der Waals surface area contributed by atoms with Gasteiger partial charge in [0.15, 0.2) is 10.9 Å². The zero-order chi connectivity index (χ0) is 23.9. The maximum atomic E-state index is 12.4. The monoisotopic (exact) mass is 477 g/mol. The number of methoxy groups -OCH3 is 2. The molecule has 0 aliphatic rings. The number of benzene rings is 2. The second kappa shape index (κ2) is 10.7. The summed E-state index contributed by atoms with van der Waals surface area (Å²) < 4.78 is 15.6. The molecule has 0 aliphatic heterocycles. The van der Waals surface area contributed by atoms with Gasteiger partial charge >= 0.3 is 0 Å². The van der Waals surface area contributed by atoms with Gasteiger partial charge in [-0.1, -0.05) is 12.1 Å². The van der Waals surface area contributed by atoms with E-state index >= 15 is 0 Å². The Morgan fingerprint density at radius 1 is 1.00 bits per heavy atom. The minimum atomic E-state index is -0.316. The highest BCUT2D eigenvalue weighted by molar-refractivity contribution is 7.14. The SMILES string of the molecule is COc1cc(CCC(=O)Nc2nc(-c3ccc(NC(=O)c4ccco4)cc3)cs2)cc(OC)c1. The molecule has 0 saturated heterocycles. The van der Waals surface area contributed by atoms with Crippen LogP contribution in [0.15, 0.2) is 70.7 Å². The molecule has 174 valence electrons. The number of rotatable bonds is 9. The molecule has 2 N–H and O–H groups in total. The minimum Gasteiger partial charge on any atom is -0.497 e. The van der Waals surface area contributed by atoms with Crippen molar-refractivity contribution in [2.24, 2.45) is 0 Å². The first-order valence-electron chi connectivity index (χ1n) is 10.5. The maximum Gasteiger partial charge on any atom is 0.291 e. The van der Waals surface area contributed by atoms with E-state index in [0.29, 0.717) is 35.2 Å². The predicted molar refractivity (Wildman–Crippen MR) is 131 cm³/mol. The third kappa shape index (κ3) is 5.81. The molecule has 0 spiro atoms. The predicted octanol–water partition coefficient (Wildman–Crippen LogP) is 5.24. The molecule has 0 atom stereocenters. The van der Waals surface area contributed by atoms with Gasteiger partial charge in [0.25, 0.3) is 5.91 Å². The normalized spacial score (nSPS) is 10.5. The van der Waals surface area contributed by atoms with Gasteiger partial charge in [0.05, 0.1) is 26.2 Å². The zero-order valence-electron chi connectivity index (χ0n) is 18.7. The van der Waals surface area contributed by atoms with Gasteiger partial charge in [-0.25, -0.2) is 4.98 Å². The largest absolute Gasteiger partial charge is 0.497 e. The van der Waals surface area contributed by atoms with E-state index in [4.69, 9.17) is 13.9 Å². The lowest BCUT2D eigenvalue weighted by Gasteiger charge is -2.08. The number of thiazole rings is 1. The van der Waals surface area contributed by atoms with E-state index in [1.54, 1.807) is 44.6 Å². The van der Waals surface area contributed by atoms with E-state index < -0.39 is 0 Å². The molecule has 2 amide bonds. The highest BCUT2D eigenvalue weighted by atomic mass is 32.1. The number of carbonyl (C=O) groups is 2. The molecule has 0 saturated carbocycles. The van der Waals surface area contributed by atoms with E-state index in [0.717, 1.165) is 16.8 Å². The Labute approximate surface area is 200 Å². The molecular formula is C25H23N3O5S. The number of carbonyl (C=O) groups excluding carboxylic acids is 2. The number of nitrogens with one attached hydrogen (secondary N) is 2. The first kappa shape index (κ1) is 23.1. The van der Waals surface area contributed by atoms with Gasteiger partial charge in [0.1, 0.15) is 11.5 Å². The standard InChI is InChI=1S/C25H23N3O5S/c1-31-19-12-16(13-20(14-19)32-2)5-10-23(29)28-25-27-21(15-34-25)17-6-8-18(9-7-17)26-24(30)22-4-3-11-33-22/h3-4,6-9,11-15H,5,10H2,1-2H3,(H,26,30)(H,27,28,29).